The molecule has 2 nitrogen and oxygen atoms in total. The first-order valence-electron chi connectivity index (χ1n) is 3.53. The fourth-order valence-corrected chi connectivity index (χ4v) is 1.35. The average Bonchev–Trinajstić information content (AvgIpc) is 1.90. The largest absolute Gasteiger partial charge is 0.481 e. The molecule has 1 radical (unpaired) electrons. The molecule has 1 aliphatic carbocycles. The summed E-state index contributed by atoms with van der Waals surface area (Å²) >= 11 is 0. The van der Waals surface area contributed by atoms with E-state index in [1.165, 1.54) is 6.42 Å². The van der Waals surface area contributed by atoms with E-state index in [2.05, 4.69) is 0 Å². The predicted molar refractivity (Wildman–Crippen MR) is 40.0 cm³/mol. The zero-order chi connectivity index (χ0) is 6.69. The number of hydrogen-bond acceptors (Lipinski definition) is 1. The van der Waals surface area contributed by atoms with E-state index >= 15 is 0 Å². The summed E-state index contributed by atoms with van der Waals surface area (Å²) in [6.07, 6.45) is 5.24. The van der Waals surface area contributed by atoms with E-state index in [1.807, 2.05) is 0 Å². The summed E-state index contributed by atoms with van der Waals surface area (Å²) in [7, 11) is 0. The Bertz CT molecular complexity index is 108. The topological polar surface area (TPSA) is 37.3 Å². The van der Waals surface area contributed by atoms with Crippen LogP contribution in [0.15, 0.2) is 0 Å². The molecule has 53 valence electrons. The summed E-state index contributed by atoms with van der Waals surface area (Å²) < 4.78 is 0. The molecule has 0 atom stereocenters. The van der Waals surface area contributed by atoms with Gasteiger partial charge >= 0.3 is 5.97 Å². The summed E-state index contributed by atoms with van der Waals surface area (Å²) in [4.78, 5) is 10.4. The van der Waals surface area contributed by atoms with Gasteiger partial charge in [0.25, 0.3) is 0 Å². The van der Waals surface area contributed by atoms with Gasteiger partial charge in [-0.25, -0.2) is 0 Å². The zero-order valence-corrected chi connectivity index (χ0v) is 9.59. The Kier molecular flexibility index (Phi) is 6.35. The second-order valence-electron chi connectivity index (χ2n) is 2.67. The molecule has 0 aliphatic heterocycles. The van der Waals surface area contributed by atoms with Gasteiger partial charge < -0.3 is 5.11 Å². The predicted octanol–water partition coefficient (Wildman–Crippen LogP) is 1.27. The van der Waals surface area contributed by atoms with Crippen LogP contribution < -0.4 is 0 Å². The summed E-state index contributed by atoms with van der Waals surface area (Å²) in [6, 6.07) is 0. The van der Waals surface area contributed by atoms with Crippen molar-refractivity contribution in [1.82, 2.24) is 0 Å². The first-order chi connectivity index (χ1) is 4.30. The van der Waals surface area contributed by atoms with Crippen molar-refractivity contribution in [1.29, 1.82) is 0 Å². The maximum atomic E-state index is 10.4. The summed E-state index contributed by atoms with van der Waals surface area (Å²) in [5.41, 5.74) is 0. The van der Waals surface area contributed by atoms with Crippen LogP contribution in [0, 0.1) is 5.92 Å². The number of carboxylic acids is 1. The second kappa shape index (κ2) is 5.72. The van der Waals surface area contributed by atoms with Gasteiger partial charge in [0, 0.05) is 51.4 Å². The third-order valence-corrected chi connectivity index (χ3v) is 1.95. The normalized spacial score (nSPS) is 19.6. The van der Waals surface area contributed by atoms with Crippen molar-refractivity contribution >= 4 is 57.4 Å². The zero-order valence-electron chi connectivity index (χ0n) is 6.47. The molecule has 0 spiro atoms. The van der Waals surface area contributed by atoms with E-state index in [1.54, 1.807) is 0 Å². The van der Waals surface area contributed by atoms with E-state index in [0.717, 1.165) is 25.7 Å². The fraction of sp³-hybridized carbons (Fsp3) is 0.857. The van der Waals surface area contributed by atoms with E-state index < -0.39 is 5.97 Å². The molecule has 1 fully saturated rings. The van der Waals surface area contributed by atoms with Gasteiger partial charge in [0.05, 0.1) is 5.92 Å². The number of carboxylic acid groups (broad SMARTS) is 1. The molecule has 0 amide bonds. The quantitative estimate of drug-likeness (QED) is 0.597. The summed E-state index contributed by atoms with van der Waals surface area (Å²) in [5.74, 6) is -0.631. The molecule has 0 aromatic carbocycles. The van der Waals surface area contributed by atoms with E-state index in [-0.39, 0.29) is 57.3 Å². The molecule has 3 heteroatoms. The first-order valence-corrected chi connectivity index (χ1v) is 3.53. The Morgan fingerprint density at radius 2 is 1.70 bits per heavy atom. The van der Waals surface area contributed by atoms with E-state index in [4.69, 9.17) is 5.11 Å². The van der Waals surface area contributed by atoms with E-state index in [9.17, 15) is 4.79 Å². The van der Waals surface area contributed by atoms with Crippen molar-refractivity contribution < 1.29 is 9.90 Å². The van der Waals surface area contributed by atoms with Gasteiger partial charge in [0.2, 0.25) is 0 Å². The Balaban J connectivity index is 0.000000810. The number of carbonyl (C=O) groups is 1. The molecule has 0 saturated heterocycles. The van der Waals surface area contributed by atoms with Crippen molar-refractivity contribution in [3.05, 3.63) is 0 Å². The minimum Gasteiger partial charge on any atom is -0.481 e. The smallest absolute Gasteiger partial charge is 0.306 e. The van der Waals surface area contributed by atoms with Crippen LogP contribution in [0.4, 0.5) is 0 Å². The Morgan fingerprint density at radius 3 is 2.00 bits per heavy atom. The third kappa shape index (κ3) is 3.48. The monoisotopic (exact) mass is 167 g/mol. The third-order valence-electron chi connectivity index (χ3n) is 1.95. The SMILES string of the molecule is O=C(O)C1CCCCC1.[K]. The molecule has 0 aromatic heterocycles. The minimum absolute atomic E-state index is 0. The fourth-order valence-electron chi connectivity index (χ4n) is 1.35. The van der Waals surface area contributed by atoms with Crippen LogP contribution in [-0.4, -0.2) is 62.5 Å². The van der Waals surface area contributed by atoms with Crippen LogP contribution in [0.2, 0.25) is 0 Å². The number of hydrogen-bond donors (Lipinski definition) is 1. The van der Waals surface area contributed by atoms with Gasteiger partial charge in [0.15, 0.2) is 0 Å². The van der Waals surface area contributed by atoms with Gasteiger partial charge in [-0.1, -0.05) is 19.3 Å². The van der Waals surface area contributed by atoms with E-state index in [0.29, 0.717) is 0 Å². The van der Waals surface area contributed by atoms with Crippen LogP contribution in [-0.2, 0) is 4.79 Å². The van der Waals surface area contributed by atoms with Crippen LogP contribution >= 0.6 is 0 Å². The van der Waals surface area contributed by atoms with Crippen molar-refractivity contribution in [2.75, 3.05) is 0 Å². The maximum absolute atomic E-state index is 10.4. The van der Waals surface area contributed by atoms with Crippen LogP contribution in [0.3, 0.4) is 0 Å². The molecule has 1 rings (SSSR count). The molecule has 1 aliphatic rings. The molecular weight excluding hydrogens is 155 g/mol. The van der Waals surface area contributed by atoms with Gasteiger partial charge in [-0.15, -0.1) is 0 Å². The standard InChI is InChI=1S/C7H12O2.K/c8-7(9)6-4-2-1-3-5-6;/h6H,1-5H2,(H,8,9);. The van der Waals surface area contributed by atoms with Gasteiger partial charge in [0.1, 0.15) is 0 Å². The van der Waals surface area contributed by atoms with Gasteiger partial charge in [-0.3, -0.25) is 4.79 Å². The Hall–Kier alpha value is 1.11. The van der Waals surface area contributed by atoms with Crippen molar-refractivity contribution in [2.24, 2.45) is 5.92 Å². The first kappa shape index (κ1) is 11.1. The summed E-state index contributed by atoms with van der Waals surface area (Å²) in [5, 5.41) is 8.54. The molecule has 1 N–H and O–H groups in total. The minimum atomic E-state index is -0.602. The molecule has 0 bridgehead atoms. The van der Waals surface area contributed by atoms with Crippen molar-refractivity contribution in [2.45, 2.75) is 32.1 Å². The number of rotatable bonds is 1. The molecule has 10 heavy (non-hydrogen) atoms. The molecule has 0 aromatic rings. The van der Waals surface area contributed by atoms with Gasteiger partial charge in [-0.05, 0) is 12.8 Å². The molecule has 1 saturated carbocycles. The molecular formula is C7H12KO2. The van der Waals surface area contributed by atoms with Crippen LogP contribution in [0.25, 0.3) is 0 Å². The Morgan fingerprint density at radius 1 is 1.20 bits per heavy atom. The van der Waals surface area contributed by atoms with Crippen molar-refractivity contribution in [3.8, 4) is 0 Å². The summed E-state index contributed by atoms with van der Waals surface area (Å²) in [6.45, 7) is 0. The second-order valence-corrected chi connectivity index (χ2v) is 2.67. The maximum Gasteiger partial charge on any atom is 0.306 e. The molecule has 0 unspecified atom stereocenters. The van der Waals surface area contributed by atoms with Crippen molar-refractivity contribution in [3.63, 3.8) is 0 Å². The number of aliphatic carboxylic acids is 1. The van der Waals surface area contributed by atoms with Gasteiger partial charge in [-0.2, -0.15) is 0 Å². The molecule has 0 heterocycles. The van der Waals surface area contributed by atoms with Crippen LogP contribution in [0.1, 0.15) is 32.1 Å². The van der Waals surface area contributed by atoms with Crippen LogP contribution in [0.5, 0.6) is 0 Å². The average molecular weight is 167 g/mol. The Labute approximate surface area is 104 Å².